The number of aryl methyl sites for hydroxylation is 1. The van der Waals surface area contributed by atoms with Crippen LogP contribution in [0.1, 0.15) is 41.8 Å². The average molecular weight is 272 g/mol. The quantitative estimate of drug-likeness (QED) is 0.856. The van der Waals surface area contributed by atoms with Gasteiger partial charge in [0.1, 0.15) is 0 Å². The fraction of sp³-hybridized carbons (Fsp3) is 0.471. The topological polar surface area (TPSA) is 46.3 Å². The first-order chi connectivity index (χ1) is 9.49. The van der Waals surface area contributed by atoms with Crippen LogP contribution in [0.4, 0.5) is 0 Å². The van der Waals surface area contributed by atoms with Gasteiger partial charge in [-0.25, -0.2) is 0 Å². The van der Waals surface area contributed by atoms with Gasteiger partial charge < -0.3 is 10.6 Å². The minimum absolute atomic E-state index is 0.0200. The van der Waals surface area contributed by atoms with Crippen molar-refractivity contribution >= 4 is 5.91 Å². The highest BCUT2D eigenvalue weighted by Gasteiger charge is 2.16. The van der Waals surface area contributed by atoms with Crippen molar-refractivity contribution < 1.29 is 4.79 Å². The zero-order valence-electron chi connectivity index (χ0n) is 12.9. The van der Waals surface area contributed by atoms with Crippen molar-refractivity contribution in [3.8, 4) is 11.8 Å². The molecule has 1 amide bonds. The molecule has 0 saturated heterocycles. The highest BCUT2D eigenvalue weighted by Crippen LogP contribution is 2.14. The van der Waals surface area contributed by atoms with Gasteiger partial charge in [-0.3, -0.25) is 4.79 Å². The van der Waals surface area contributed by atoms with E-state index in [0.29, 0.717) is 18.0 Å². The molecule has 0 radical (unpaired) electrons. The Kier molecular flexibility index (Phi) is 6.27. The van der Waals surface area contributed by atoms with Gasteiger partial charge in [0.15, 0.2) is 0 Å². The van der Waals surface area contributed by atoms with Crippen molar-refractivity contribution in [2.24, 2.45) is 11.7 Å². The highest BCUT2D eigenvalue weighted by molar-refractivity contribution is 5.96. The monoisotopic (exact) mass is 272 g/mol. The van der Waals surface area contributed by atoms with Gasteiger partial charge in [-0.05, 0) is 30.5 Å². The molecule has 0 heterocycles. The Balaban J connectivity index is 3.03. The summed E-state index contributed by atoms with van der Waals surface area (Å²) in [7, 11) is 1.84. The van der Waals surface area contributed by atoms with E-state index in [1.165, 1.54) is 0 Å². The van der Waals surface area contributed by atoms with E-state index in [4.69, 9.17) is 5.73 Å². The van der Waals surface area contributed by atoms with Gasteiger partial charge in [-0.2, -0.15) is 0 Å². The third-order valence-corrected chi connectivity index (χ3v) is 3.36. The molecule has 0 bridgehead atoms. The Morgan fingerprint density at radius 3 is 2.75 bits per heavy atom. The van der Waals surface area contributed by atoms with Crippen LogP contribution >= 0.6 is 0 Å². The standard InChI is InChI=1S/C17H24N2O/c1-5-13(2)12-19(4)17(20)16-9-8-14(3)11-15(16)7-6-10-18/h8-9,11,13H,5,10,12,18H2,1-4H3. The number of amides is 1. The van der Waals surface area contributed by atoms with Gasteiger partial charge >= 0.3 is 0 Å². The zero-order valence-corrected chi connectivity index (χ0v) is 12.9. The van der Waals surface area contributed by atoms with E-state index < -0.39 is 0 Å². The summed E-state index contributed by atoms with van der Waals surface area (Å²) in [6, 6.07) is 5.73. The summed E-state index contributed by atoms with van der Waals surface area (Å²) in [5.41, 5.74) is 7.92. The number of rotatable bonds is 4. The lowest BCUT2D eigenvalue weighted by molar-refractivity contribution is 0.0774. The van der Waals surface area contributed by atoms with E-state index in [-0.39, 0.29) is 5.91 Å². The molecule has 0 spiro atoms. The SMILES string of the molecule is CCC(C)CN(C)C(=O)c1ccc(C)cc1C#CCN. The summed E-state index contributed by atoms with van der Waals surface area (Å²) in [6.45, 7) is 7.32. The Bertz CT molecular complexity index is 526. The molecule has 108 valence electrons. The van der Waals surface area contributed by atoms with Gasteiger partial charge in [0.2, 0.25) is 0 Å². The van der Waals surface area contributed by atoms with Crippen LogP contribution in [0.25, 0.3) is 0 Å². The zero-order chi connectivity index (χ0) is 15.1. The fourth-order valence-electron chi connectivity index (χ4n) is 1.98. The molecule has 1 unspecified atom stereocenters. The van der Waals surface area contributed by atoms with E-state index in [0.717, 1.165) is 24.1 Å². The molecule has 2 N–H and O–H groups in total. The maximum absolute atomic E-state index is 12.5. The number of benzene rings is 1. The van der Waals surface area contributed by atoms with Crippen molar-refractivity contribution in [1.82, 2.24) is 4.90 Å². The Labute approximate surface area is 122 Å². The minimum atomic E-state index is 0.0200. The summed E-state index contributed by atoms with van der Waals surface area (Å²) in [5.74, 6) is 6.33. The van der Waals surface area contributed by atoms with Crippen molar-refractivity contribution in [1.29, 1.82) is 0 Å². The summed E-state index contributed by atoms with van der Waals surface area (Å²) >= 11 is 0. The van der Waals surface area contributed by atoms with E-state index in [2.05, 4.69) is 25.7 Å². The molecular weight excluding hydrogens is 248 g/mol. The molecule has 0 aliphatic heterocycles. The van der Waals surface area contributed by atoms with E-state index in [9.17, 15) is 4.79 Å². The van der Waals surface area contributed by atoms with Crippen molar-refractivity contribution in [2.75, 3.05) is 20.1 Å². The second kappa shape index (κ2) is 7.72. The normalized spacial score (nSPS) is 11.4. The predicted octanol–water partition coefficient (Wildman–Crippen LogP) is 2.42. The molecule has 1 rings (SSSR count). The summed E-state index contributed by atoms with van der Waals surface area (Å²) < 4.78 is 0. The van der Waals surface area contributed by atoms with Crippen LogP contribution in [0, 0.1) is 24.7 Å². The number of carbonyl (C=O) groups excluding carboxylic acids is 1. The Hall–Kier alpha value is -1.79. The molecule has 1 aromatic rings. The third kappa shape index (κ3) is 4.40. The van der Waals surface area contributed by atoms with Crippen molar-refractivity contribution in [3.63, 3.8) is 0 Å². The number of carbonyl (C=O) groups is 1. The van der Waals surface area contributed by atoms with Crippen molar-refractivity contribution in [2.45, 2.75) is 27.2 Å². The maximum atomic E-state index is 12.5. The van der Waals surface area contributed by atoms with Gasteiger partial charge in [0.25, 0.3) is 5.91 Å². The summed E-state index contributed by atoms with van der Waals surface area (Å²) in [4.78, 5) is 14.3. The molecule has 1 aromatic carbocycles. The summed E-state index contributed by atoms with van der Waals surface area (Å²) in [6.07, 6.45) is 1.06. The molecule has 0 fully saturated rings. The van der Waals surface area contributed by atoms with Gasteiger partial charge in [0.05, 0.1) is 12.1 Å². The largest absolute Gasteiger partial charge is 0.341 e. The predicted molar refractivity (Wildman–Crippen MR) is 83.5 cm³/mol. The van der Waals surface area contributed by atoms with E-state index >= 15 is 0 Å². The lowest BCUT2D eigenvalue weighted by Crippen LogP contribution is -2.31. The lowest BCUT2D eigenvalue weighted by Gasteiger charge is -2.21. The van der Waals surface area contributed by atoms with Crippen LogP contribution in [0.15, 0.2) is 18.2 Å². The van der Waals surface area contributed by atoms with Gasteiger partial charge in [-0.1, -0.05) is 38.2 Å². The number of nitrogens with zero attached hydrogens (tertiary/aromatic N) is 1. The maximum Gasteiger partial charge on any atom is 0.254 e. The first kappa shape index (κ1) is 16.3. The van der Waals surface area contributed by atoms with Crippen LogP contribution in [-0.4, -0.2) is 30.9 Å². The first-order valence-corrected chi connectivity index (χ1v) is 7.04. The molecular formula is C17H24N2O. The first-order valence-electron chi connectivity index (χ1n) is 7.04. The van der Waals surface area contributed by atoms with Crippen LogP contribution in [0.5, 0.6) is 0 Å². The van der Waals surface area contributed by atoms with Crippen LogP contribution in [0.2, 0.25) is 0 Å². The molecule has 0 aromatic heterocycles. The van der Waals surface area contributed by atoms with Crippen LogP contribution in [-0.2, 0) is 0 Å². The molecule has 0 aliphatic rings. The Morgan fingerprint density at radius 2 is 2.15 bits per heavy atom. The molecule has 20 heavy (non-hydrogen) atoms. The van der Waals surface area contributed by atoms with E-state index in [1.807, 2.05) is 32.2 Å². The molecule has 3 nitrogen and oxygen atoms in total. The average Bonchev–Trinajstić information content (AvgIpc) is 2.44. The third-order valence-electron chi connectivity index (χ3n) is 3.36. The van der Waals surface area contributed by atoms with Crippen molar-refractivity contribution in [3.05, 3.63) is 34.9 Å². The molecule has 0 saturated carbocycles. The van der Waals surface area contributed by atoms with Crippen LogP contribution in [0.3, 0.4) is 0 Å². The lowest BCUT2D eigenvalue weighted by atomic mass is 10.0. The highest BCUT2D eigenvalue weighted by atomic mass is 16.2. The molecule has 1 atom stereocenters. The second-order valence-corrected chi connectivity index (χ2v) is 5.25. The fourth-order valence-corrected chi connectivity index (χ4v) is 1.98. The molecule has 0 aliphatic carbocycles. The number of nitrogens with two attached hydrogens (primary N) is 1. The smallest absolute Gasteiger partial charge is 0.254 e. The van der Waals surface area contributed by atoms with Crippen LogP contribution < -0.4 is 5.73 Å². The summed E-state index contributed by atoms with van der Waals surface area (Å²) in [5, 5.41) is 0. The van der Waals surface area contributed by atoms with E-state index in [1.54, 1.807) is 4.90 Å². The Morgan fingerprint density at radius 1 is 1.45 bits per heavy atom. The minimum Gasteiger partial charge on any atom is -0.341 e. The van der Waals surface area contributed by atoms with Gasteiger partial charge in [-0.15, -0.1) is 0 Å². The van der Waals surface area contributed by atoms with Gasteiger partial charge in [0, 0.05) is 19.2 Å². The molecule has 3 heteroatoms. The second-order valence-electron chi connectivity index (χ2n) is 5.25. The number of hydrogen-bond donors (Lipinski definition) is 1. The number of hydrogen-bond acceptors (Lipinski definition) is 2.